The Labute approximate surface area is 205 Å². The molecule has 0 amide bonds. The van der Waals surface area contributed by atoms with Crippen LogP contribution >= 0.6 is 0 Å². The van der Waals surface area contributed by atoms with Crippen molar-refractivity contribution in [2.24, 2.45) is 11.8 Å². The fourth-order valence-electron chi connectivity index (χ4n) is 6.33. The molecule has 0 spiro atoms. The Morgan fingerprint density at radius 3 is 2.77 bits per heavy atom. The highest BCUT2D eigenvalue weighted by Crippen LogP contribution is 2.47. The Kier molecular flexibility index (Phi) is 5.41. The number of nitrogens with one attached hydrogen (secondary N) is 1. The van der Waals surface area contributed by atoms with Crippen molar-refractivity contribution in [1.29, 1.82) is 0 Å². The number of rotatable bonds is 5. The highest BCUT2D eigenvalue weighted by Gasteiger charge is 2.44. The summed E-state index contributed by atoms with van der Waals surface area (Å²) in [5, 5.41) is 0.998. The number of hydrogen-bond acceptors (Lipinski definition) is 5. The first-order valence-electron chi connectivity index (χ1n) is 12.4. The van der Waals surface area contributed by atoms with Crippen LogP contribution in [-0.4, -0.2) is 43.9 Å². The summed E-state index contributed by atoms with van der Waals surface area (Å²) in [6.45, 7) is 3.46. The van der Waals surface area contributed by atoms with E-state index < -0.39 is 10.0 Å². The van der Waals surface area contributed by atoms with Crippen LogP contribution in [0, 0.1) is 18.8 Å². The zero-order valence-electron chi connectivity index (χ0n) is 20.2. The van der Waals surface area contributed by atoms with E-state index in [1.54, 1.807) is 23.5 Å². The van der Waals surface area contributed by atoms with Gasteiger partial charge in [-0.2, -0.15) is 4.31 Å². The van der Waals surface area contributed by atoms with E-state index in [9.17, 15) is 13.2 Å². The van der Waals surface area contributed by atoms with Crippen molar-refractivity contribution in [2.45, 2.75) is 50.1 Å². The zero-order valence-corrected chi connectivity index (χ0v) is 21.0. The number of sulfonamides is 1. The lowest BCUT2D eigenvalue weighted by molar-refractivity contribution is 0.266. The quantitative estimate of drug-likeness (QED) is 0.580. The van der Waals surface area contributed by atoms with Crippen molar-refractivity contribution in [2.75, 3.05) is 25.1 Å². The van der Waals surface area contributed by atoms with Crippen molar-refractivity contribution in [3.05, 3.63) is 63.9 Å². The summed E-state index contributed by atoms with van der Waals surface area (Å²) >= 11 is 0. The Morgan fingerprint density at radius 2 is 2.00 bits per heavy atom. The van der Waals surface area contributed by atoms with E-state index in [0.29, 0.717) is 42.8 Å². The van der Waals surface area contributed by atoms with Crippen molar-refractivity contribution in [1.82, 2.24) is 9.29 Å². The van der Waals surface area contributed by atoms with Gasteiger partial charge in [0, 0.05) is 31.3 Å². The van der Waals surface area contributed by atoms with Crippen LogP contribution in [-0.2, 0) is 16.6 Å². The number of benzene rings is 2. The number of fused-ring (bicyclic) bond motifs is 4. The summed E-state index contributed by atoms with van der Waals surface area (Å²) in [7, 11) is -1.89. The molecule has 2 heterocycles. The average molecular weight is 494 g/mol. The molecule has 1 N–H and O–H groups in total. The number of pyridine rings is 1. The standard InChI is InChI=1S/C27H31N3O4S/c1-17-4-3-5-20-14-21(27(31)28-26(17)20)16-30-10-11-34-25-15-22(8-9-23(25)30)35(32,33)29(2)24-13-18-6-7-19(24)12-18/h3-5,8-9,14-15,18-19,24H,6-7,10-13,16H2,1-2H3,(H,28,31). The fourth-order valence-corrected chi connectivity index (χ4v) is 7.78. The summed E-state index contributed by atoms with van der Waals surface area (Å²) in [6, 6.07) is 13.1. The van der Waals surface area contributed by atoms with Gasteiger partial charge in [-0.15, -0.1) is 0 Å². The van der Waals surface area contributed by atoms with Gasteiger partial charge in [-0.1, -0.05) is 24.6 Å². The molecule has 6 rings (SSSR count). The second kappa shape index (κ2) is 8.38. The normalized spacial score (nSPS) is 23.6. The predicted molar refractivity (Wildman–Crippen MR) is 136 cm³/mol. The summed E-state index contributed by atoms with van der Waals surface area (Å²) in [4.78, 5) is 18.2. The molecule has 2 aromatic carbocycles. The molecule has 184 valence electrons. The molecule has 3 atom stereocenters. The number of aromatic amines is 1. The van der Waals surface area contributed by atoms with Crippen LogP contribution in [0.1, 0.15) is 36.8 Å². The van der Waals surface area contributed by atoms with Gasteiger partial charge in [0.25, 0.3) is 5.56 Å². The van der Waals surface area contributed by atoms with Gasteiger partial charge in [0.05, 0.1) is 22.6 Å². The summed E-state index contributed by atoms with van der Waals surface area (Å²) in [6.07, 6.45) is 4.48. The summed E-state index contributed by atoms with van der Waals surface area (Å²) in [5.41, 5.74) is 3.27. The van der Waals surface area contributed by atoms with Gasteiger partial charge in [-0.3, -0.25) is 4.79 Å². The van der Waals surface area contributed by atoms with Gasteiger partial charge in [-0.05, 0) is 67.2 Å². The van der Waals surface area contributed by atoms with Crippen LogP contribution in [0.4, 0.5) is 5.69 Å². The molecule has 0 radical (unpaired) electrons. The number of anilines is 1. The van der Waals surface area contributed by atoms with E-state index in [2.05, 4.69) is 9.88 Å². The van der Waals surface area contributed by atoms with E-state index in [1.165, 1.54) is 6.42 Å². The van der Waals surface area contributed by atoms with Crippen molar-refractivity contribution in [3.63, 3.8) is 0 Å². The van der Waals surface area contributed by atoms with E-state index >= 15 is 0 Å². The third-order valence-electron chi connectivity index (χ3n) is 8.26. The maximum Gasteiger partial charge on any atom is 0.253 e. The van der Waals surface area contributed by atoms with Crippen LogP contribution in [0.15, 0.2) is 52.2 Å². The summed E-state index contributed by atoms with van der Waals surface area (Å²) in [5.74, 6) is 1.70. The van der Waals surface area contributed by atoms with Crippen LogP contribution < -0.4 is 15.2 Å². The molecular weight excluding hydrogens is 462 g/mol. The first-order valence-corrected chi connectivity index (χ1v) is 13.9. The molecule has 2 bridgehead atoms. The molecule has 7 nitrogen and oxygen atoms in total. The number of aromatic nitrogens is 1. The Balaban J connectivity index is 1.28. The first-order chi connectivity index (χ1) is 16.8. The van der Waals surface area contributed by atoms with E-state index in [-0.39, 0.29) is 16.5 Å². The van der Waals surface area contributed by atoms with Crippen molar-refractivity contribution >= 4 is 26.6 Å². The minimum Gasteiger partial charge on any atom is -0.490 e. The first kappa shape index (κ1) is 22.6. The van der Waals surface area contributed by atoms with E-state index in [4.69, 9.17) is 4.74 Å². The van der Waals surface area contributed by atoms with Gasteiger partial charge in [0.15, 0.2) is 0 Å². The van der Waals surface area contributed by atoms with Gasteiger partial charge in [-0.25, -0.2) is 8.42 Å². The molecule has 3 aromatic rings. The Hall–Kier alpha value is -2.84. The van der Waals surface area contributed by atoms with E-state index in [0.717, 1.165) is 41.4 Å². The number of H-pyrrole nitrogens is 1. The number of ether oxygens (including phenoxy) is 1. The molecule has 3 aliphatic rings. The fraction of sp³-hybridized carbons (Fsp3) is 0.444. The monoisotopic (exact) mass is 493 g/mol. The maximum atomic E-state index is 13.5. The second-order valence-corrected chi connectivity index (χ2v) is 12.3. The third kappa shape index (κ3) is 3.83. The lowest BCUT2D eigenvalue weighted by atomic mass is 9.96. The van der Waals surface area contributed by atoms with Gasteiger partial charge < -0.3 is 14.6 Å². The minimum absolute atomic E-state index is 0.0930. The van der Waals surface area contributed by atoms with Crippen molar-refractivity contribution in [3.8, 4) is 5.75 Å². The molecule has 2 fully saturated rings. The molecule has 2 aliphatic carbocycles. The second-order valence-electron chi connectivity index (χ2n) is 10.3. The number of hydrogen-bond donors (Lipinski definition) is 1. The number of nitrogens with zero attached hydrogens (tertiary/aromatic N) is 2. The summed E-state index contributed by atoms with van der Waals surface area (Å²) < 4.78 is 34.4. The van der Waals surface area contributed by atoms with Crippen LogP contribution in [0.5, 0.6) is 5.75 Å². The number of aryl methyl sites for hydroxylation is 1. The molecule has 2 saturated carbocycles. The highest BCUT2D eigenvalue weighted by atomic mass is 32.2. The van der Waals surface area contributed by atoms with Crippen LogP contribution in [0.2, 0.25) is 0 Å². The SMILES string of the molecule is Cc1cccc2cc(CN3CCOc4cc(S(=O)(=O)N(C)C5CC6CCC5C6)ccc43)c(=O)[nH]c12. The molecule has 8 heteroatoms. The molecule has 3 unspecified atom stereocenters. The molecular formula is C27H31N3O4S. The van der Waals surface area contributed by atoms with Gasteiger partial charge >= 0.3 is 0 Å². The minimum atomic E-state index is -3.61. The Morgan fingerprint density at radius 1 is 1.14 bits per heavy atom. The van der Waals surface area contributed by atoms with E-state index in [1.807, 2.05) is 37.3 Å². The predicted octanol–water partition coefficient (Wildman–Crippen LogP) is 4.04. The van der Waals surface area contributed by atoms with Crippen molar-refractivity contribution < 1.29 is 13.2 Å². The van der Waals surface area contributed by atoms with Crippen LogP contribution in [0.25, 0.3) is 10.9 Å². The molecule has 1 aromatic heterocycles. The lowest BCUT2D eigenvalue weighted by Crippen LogP contribution is -2.40. The Bertz CT molecular complexity index is 1470. The topological polar surface area (TPSA) is 82.7 Å². The number of para-hydroxylation sites is 1. The van der Waals surface area contributed by atoms with Gasteiger partial charge in [0.1, 0.15) is 12.4 Å². The highest BCUT2D eigenvalue weighted by molar-refractivity contribution is 7.89. The lowest BCUT2D eigenvalue weighted by Gasteiger charge is -2.33. The molecule has 1 aliphatic heterocycles. The maximum absolute atomic E-state index is 13.5. The van der Waals surface area contributed by atoms with Gasteiger partial charge in [0.2, 0.25) is 10.0 Å². The third-order valence-corrected chi connectivity index (χ3v) is 10.1. The zero-order chi connectivity index (χ0) is 24.3. The largest absolute Gasteiger partial charge is 0.490 e. The average Bonchev–Trinajstić information content (AvgIpc) is 3.48. The smallest absolute Gasteiger partial charge is 0.253 e. The molecule has 35 heavy (non-hydrogen) atoms. The van der Waals surface area contributed by atoms with Crippen LogP contribution in [0.3, 0.4) is 0 Å². The molecule has 0 saturated heterocycles.